The zero-order valence-electron chi connectivity index (χ0n) is 31.6. The van der Waals surface area contributed by atoms with Gasteiger partial charge in [0.15, 0.2) is 23.1 Å². The minimum Gasteiger partial charge on any atom is -0.456 e. The molecule has 276 valence electrons. The van der Waals surface area contributed by atoms with E-state index >= 15 is 0 Å². The fourth-order valence-electron chi connectivity index (χ4n) is 8.45. The molecule has 0 aliphatic rings. The van der Waals surface area contributed by atoms with Crippen molar-refractivity contribution in [1.82, 2.24) is 15.0 Å². The Morgan fingerprint density at radius 3 is 1.61 bits per heavy atom. The Morgan fingerprint density at radius 2 is 0.915 bits per heavy atom. The van der Waals surface area contributed by atoms with Gasteiger partial charge in [0.25, 0.3) is 0 Å². The molecule has 0 amide bonds. The normalized spacial score (nSPS) is 11.7. The number of fused-ring (bicyclic) bond motifs is 8. The van der Waals surface area contributed by atoms with Crippen LogP contribution in [0.1, 0.15) is 0 Å². The van der Waals surface area contributed by atoms with Crippen LogP contribution in [0.15, 0.2) is 203 Å². The number of benzene rings is 9. The predicted molar refractivity (Wildman–Crippen MR) is 240 cm³/mol. The summed E-state index contributed by atoms with van der Waals surface area (Å²) < 4.78 is 13.3. The van der Waals surface area contributed by atoms with Gasteiger partial charge in [-0.05, 0) is 82.2 Å². The second kappa shape index (κ2) is 13.3. The van der Waals surface area contributed by atoms with Crippen molar-refractivity contribution in [3.8, 4) is 34.2 Å². The van der Waals surface area contributed by atoms with Crippen molar-refractivity contribution >= 4 is 82.5 Å². The number of hydrogen-bond donors (Lipinski definition) is 0. The number of nitrogens with zero attached hydrogens (tertiary/aromatic N) is 4. The second-order valence-electron chi connectivity index (χ2n) is 14.8. The van der Waals surface area contributed by atoms with Crippen LogP contribution in [0.5, 0.6) is 0 Å². The van der Waals surface area contributed by atoms with Crippen molar-refractivity contribution in [2.24, 2.45) is 0 Å². The van der Waals surface area contributed by atoms with Crippen LogP contribution >= 0.6 is 0 Å². The standard InChI is InChI=1S/C53H32N4O2/c1-2-16-39(17-3-1)57(40-26-27-42-41-18-8-10-20-46(41)58-48(42)32-40)45-29-28-44(49-43-19-9-11-21-47(43)59-50(45)49)53-55-51(37-24-22-33-12-4-6-14-35(33)30-37)54-52(56-53)38-25-23-34-13-5-7-15-36(34)31-38/h1-32H. The number of para-hydroxylation sites is 3. The van der Waals surface area contributed by atoms with E-state index in [1.165, 1.54) is 0 Å². The fourth-order valence-corrected chi connectivity index (χ4v) is 8.45. The van der Waals surface area contributed by atoms with E-state index in [0.717, 1.165) is 99.2 Å². The molecule has 12 aromatic rings. The maximum atomic E-state index is 6.90. The van der Waals surface area contributed by atoms with Crippen LogP contribution in [0.25, 0.3) is 99.6 Å². The van der Waals surface area contributed by atoms with Crippen LogP contribution in [-0.2, 0) is 0 Å². The minimum absolute atomic E-state index is 0.560. The Balaban J connectivity index is 1.10. The van der Waals surface area contributed by atoms with Gasteiger partial charge in [0.05, 0.1) is 11.4 Å². The molecule has 3 aromatic heterocycles. The highest BCUT2D eigenvalue weighted by Crippen LogP contribution is 2.46. The van der Waals surface area contributed by atoms with E-state index in [1.54, 1.807) is 0 Å². The molecule has 0 aliphatic heterocycles. The molecule has 0 saturated heterocycles. The molecule has 0 aliphatic carbocycles. The Labute approximate surface area is 338 Å². The van der Waals surface area contributed by atoms with Crippen molar-refractivity contribution in [3.05, 3.63) is 194 Å². The van der Waals surface area contributed by atoms with Gasteiger partial charge < -0.3 is 13.7 Å². The van der Waals surface area contributed by atoms with E-state index < -0.39 is 0 Å². The summed E-state index contributed by atoms with van der Waals surface area (Å²) in [4.78, 5) is 17.9. The molecule has 0 radical (unpaired) electrons. The first-order valence-electron chi connectivity index (χ1n) is 19.7. The zero-order valence-corrected chi connectivity index (χ0v) is 31.6. The number of anilines is 3. The van der Waals surface area contributed by atoms with E-state index in [-0.39, 0.29) is 0 Å². The molecular weight excluding hydrogens is 725 g/mol. The molecule has 0 fully saturated rings. The monoisotopic (exact) mass is 756 g/mol. The second-order valence-corrected chi connectivity index (χ2v) is 14.8. The topological polar surface area (TPSA) is 68.2 Å². The maximum Gasteiger partial charge on any atom is 0.164 e. The average Bonchev–Trinajstić information content (AvgIpc) is 3.88. The van der Waals surface area contributed by atoms with Gasteiger partial charge >= 0.3 is 0 Å². The van der Waals surface area contributed by atoms with Crippen LogP contribution < -0.4 is 4.90 Å². The Morgan fingerprint density at radius 1 is 0.356 bits per heavy atom. The van der Waals surface area contributed by atoms with Gasteiger partial charge in [-0.25, -0.2) is 15.0 Å². The third-order valence-electron chi connectivity index (χ3n) is 11.3. The molecule has 0 bridgehead atoms. The first kappa shape index (κ1) is 33.1. The SMILES string of the molecule is c1ccc(N(c2ccc3c(c2)oc2ccccc23)c2ccc(-c3nc(-c4ccc5ccccc5c4)nc(-c4ccc5ccccc5c4)n3)c3c2oc2ccccc23)cc1. The lowest BCUT2D eigenvalue weighted by molar-refractivity contribution is 0.667. The van der Waals surface area contributed by atoms with Gasteiger partial charge in [0.2, 0.25) is 0 Å². The van der Waals surface area contributed by atoms with E-state index in [2.05, 4.69) is 157 Å². The van der Waals surface area contributed by atoms with E-state index in [9.17, 15) is 0 Å². The molecule has 3 heterocycles. The molecule has 12 rings (SSSR count). The summed E-state index contributed by atoms with van der Waals surface area (Å²) >= 11 is 0. The molecule has 59 heavy (non-hydrogen) atoms. The number of hydrogen-bond acceptors (Lipinski definition) is 6. The number of rotatable bonds is 6. The van der Waals surface area contributed by atoms with Gasteiger partial charge in [0.1, 0.15) is 16.7 Å². The van der Waals surface area contributed by atoms with Crippen molar-refractivity contribution in [3.63, 3.8) is 0 Å². The van der Waals surface area contributed by atoms with Gasteiger partial charge in [-0.2, -0.15) is 0 Å². The summed E-state index contributed by atoms with van der Waals surface area (Å²) in [7, 11) is 0. The van der Waals surface area contributed by atoms with E-state index in [0.29, 0.717) is 17.5 Å². The highest BCUT2D eigenvalue weighted by molar-refractivity contribution is 6.16. The van der Waals surface area contributed by atoms with Gasteiger partial charge in [-0.1, -0.05) is 127 Å². The summed E-state index contributed by atoms with van der Waals surface area (Å²) in [6, 6.07) is 66.8. The molecular formula is C53H32N4O2. The highest BCUT2D eigenvalue weighted by Gasteiger charge is 2.25. The molecule has 0 spiro atoms. The first-order valence-corrected chi connectivity index (χ1v) is 19.7. The summed E-state index contributed by atoms with van der Waals surface area (Å²) in [6.07, 6.45) is 0. The smallest absolute Gasteiger partial charge is 0.164 e. The van der Waals surface area contributed by atoms with Crippen LogP contribution in [0.3, 0.4) is 0 Å². The maximum absolute atomic E-state index is 6.90. The third kappa shape index (κ3) is 5.53. The van der Waals surface area contributed by atoms with Gasteiger partial charge in [-0.15, -0.1) is 0 Å². The quantitative estimate of drug-likeness (QED) is 0.168. The lowest BCUT2D eigenvalue weighted by Gasteiger charge is -2.25. The van der Waals surface area contributed by atoms with Crippen molar-refractivity contribution in [2.75, 3.05) is 4.90 Å². The van der Waals surface area contributed by atoms with Crippen LogP contribution in [-0.4, -0.2) is 15.0 Å². The Bertz CT molecular complexity index is 3490. The van der Waals surface area contributed by atoms with Crippen LogP contribution in [0.4, 0.5) is 17.1 Å². The fraction of sp³-hybridized carbons (Fsp3) is 0. The number of aromatic nitrogens is 3. The van der Waals surface area contributed by atoms with Gasteiger partial charge in [0, 0.05) is 50.0 Å². The summed E-state index contributed by atoms with van der Waals surface area (Å²) in [5, 5.41) is 8.61. The summed E-state index contributed by atoms with van der Waals surface area (Å²) in [5.74, 6) is 1.75. The van der Waals surface area contributed by atoms with Gasteiger partial charge in [-0.3, -0.25) is 0 Å². The molecule has 0 N–H and O–H groups in total. The minimum atomic E-state index is 0.560. The predicted octanol–water partition coefficient (Wildman–Crippen LogP) is 14.4. The molecule has 9 aromatic carbocycles. The van der Waals surface area contributed by atoms with Crippen molar-refractivity contribution < 1.29 is 8.83 Å². The van der Waals surface area contributed by atoms with Crippen molar-refractivity contribution in [2.45, 2.75) is 0 Å². The van der Waals surface area contributed by atoms with Crippen molar-refractivity contribution in [1.29, 1.82) is 0 Å². The lowest BCUT2D eigenvalue weighted by Crippen LogP contribution is -2.10. The first-order chi connectivity index (χ1) is 29.2. The van der Waals surface area contributed by atoms with E-state index in [1.807, 2.05) is 42.5 Å². The van der Waals surface area contributed by atoms with Crippen LogP contribution in [0, 0.1) is 0 Å². The third-order valence-corrected chi connectivity index (χ3v) is 11.3. The number of furan rings is 2. The lowest BCUT2D eigenvalue weighted by atomic mass is 10.0. The summed E-state index contributed by atoms with van der Waals surface area (Å²) in [5.41, 5.74) is 8.64. The molecule has 0 saturated carbocycles. The Kier molecular flexibility index (Phi) is 7.43. The highest BCUT2D eigenvalue weighted by atomic mass is 16.3. The molecule has 0 unspecified atom stereocenters. The summed E-state index contributed by atoms with van der Waals surface area (Å²) in [6.45, 7) is 0. The van der Waals surface area contributed by atoms with E-state index in [4.69, 9.17) is 23.8 Å². The Hall–Kier alpha value is -8.09. The largest absolute Gasteiger partial charge is 0.456 e. The van der Waals surface area contributed by atoms with Crippen LogP contribution in [0.2, 0.25) is 0 Å². The average molecular weight is 757 g/mol. The molecule has 6 heteroatoms. The molecule has 6 nitrogen and oxygen atoms in total. The zero-order chi connectivity index (χ0) is 38.9. The molecule has 0 atom stereocenters.